The van der Waals surface area contributed by atoms with Gasteiger partial charge in [0, 0.05) is 6.42 Å². The van der Waals surface area contributed by atoms with Gasteiger partial charge in [0.15, 0.2) is 3.68 Å². The maximum Gasteiger partial charge on any atom is 0.312 e. The largest absolute Gasteiger partial charge is 0.469 e. The Balaban J connectivity index is 2.42. The van der Waals surface area contributed by atoms with E-state index >= 15 is 0 Å². The molecule has 0 aromatic carbocycles. The first-order chi connectivity index (χ1) is 4.08. The molecule has 1 saturated carbocycles. The molecule has 1 fully saturated rings. The van der Waals surface area contributed by atoms with Gasteiger partial charge in [-0.15, -0.1) is 0 Å². The molecular weight excluding hydrogens is 238 g/mol. The molecule has 0 aliphatic heterocycles. The first kappa shape index (κ1) is 7.24. The van der Waals surface area contributed by atoms with Crippen LogP contribution in [-0.4, -0.2) is 16.8 Å². The molecular formula is C5H6FIO2. The summed E-state index contributed by atoms with van der Waals surface area (Å²) < 4.78 is 15.6. The van der Waals surface area contributed by atoms with Crippen molar-refractivity contribution in [3.05, 3.63) is 0 Å². The molecule has 2 nitrogen and oxygen atoms in total. The molecule has 0 saturated heterocycles. The van der Waals surface area contributed by atoms with E-state index in [0.717, 1.165) is 0 Å². The van der Waals surface area contributed by atoms with Crippen LogP contribution in [0.2, 0.25) is 0 Å². The van der Waals surface area contributed by atoms with Gasteiger partial charge in [0.05, 0.1) is 7.11 Å². The summed E-state index contributed by atoms with van der Waals surface area (Å²) in [5.74, 6) is -0.949. The zero-order valence-corrected chi connectivity index (χ0v) is 7.01. The average molecular weight is 244 g/mol. The lowest BCUT2D eigenvalue weighted by molar-refractivity contribution is -0.142. The Morgan fingerprint density at radius 2 is 2.44 bits per heavy atom. The second kappa shape index (κ2) is 2.07. The van der Waals surface area contributed by atoms with Gasteiger partial charge in [-0.3, -0.25) is 4.79 Å². The minimum atomic E-state index is -1.31. The molecule has 2 atom stereocenters. The second-order valence-corrected chi connectivity index (χ2v) is 3.83. The zero-order valence-electron chi connectivity index (χ0n) is 4.86. The molecule has 0 aromatic rings. The lowest BCUT2D eigenvalue weighted by Crippen LogP contribution is -2.07. The third-order valence-electron chi connectivity index (χ3n) is 1.31. The molecule has 0 amide bonds. The number of rotatable bonds is 1. The van der Waals surface area contributed by atoms with Crippen molar-refractivity contribution in [3.63, 3.8) is 0 Å². The van der Waals surface area contributed by atoms with Crippen molar-refractivity contribution in [3.8, 4) is 0 Å². The van der Waals surface area contributed by atoms with Crippen LogP contribution in [-0.2, 0) is 9.53 Å². The van der Waals surface area contributed by atoms with Gasteiger partial charge < -0.3 is 4.74 Å². The maximum absolute atomic E-state index is 12.6. The second-order valence-electron chi connectivity index (χ2n) is 2.04. The highest BCUT2D eigenvalue weighted by Crippen LogP contribution is 2.53. The van der Waals surface area contributed by atoms with Crippen molar-refractivity contribution in [2.45, 2.75) is 10.1 Å². The summed E-state index contributed by atoms with van der Waals surface area (Å²) >= 11 is 1.62. The van der Waals surface area contributed by atoms with Gasteiger partial charge in [0.1, 0.15) is 5.92 Å². The van der Waals surface area contributed by atoms with Gasteiger partial charge in [-0.25, -0.2) is 4.39 Å². The van der Waals surface area contributed by atoms with Crippen molar-refractivity contribution in [1.82, 2.24) is 0 Å². The number of esters is 1. The van der Waals surface area contributed by atoms with Crippen molar-refractivity contribution in [2.75, 3.05) is 7.11 Å². The van der Waals surface area contributed by atoms with Crippen LogP contribution in [0.4, 0.5) is 4.39 Å². The molecule has 0 heterocycles. The molecule has 0 aromatic heterocycles. The minimum Gasteiger partial charge on any atom is -0.469 e. The molecule has 9 heavy (non-hydrogen) atoms. The van der Waals surface area contributed by atoms with E-state index in [1.165, 1.54) is 7.11 Å². The predicted molar refractivity (Wildman–Crippen MR) is 38.0 cm³/mol. The Hall–Kier alpha value is 0.130. The van der Waals surface area contributed by atoms with Crippen LogP contribution in [0.15, 0.2) is 0 Å². The third-order valence-corrected chi connectivity index (χ3v) is 2.50. The highest BCUT2D eigenvalue weighted by atomic mass is 127. The van der Waals surface area contributed by atoms with Gasteiger partial charge in [0.2, 0.25) is 0 Å². The third kappa shape index (κ3) is 1.33. The number of hydrogen-bond acceptors (Lipinski definition) is 2. The molecule has 52 valence electrons. The van der Waals surface area contributed by atoms with Gasteiger partial charge >= 0.3 is 5.97 Å². The highest BCUT2D eigenvalue weighted by molar-refractivity contribution is 14.1. The van der Waals surface area contributed by atoms with Crippen LogP contribution in [0.25, 0.3) is 0 Å². The Bertz CT molecular complexity index is 146. The summed E-state index contributed by atoms with van der Waals surface area (Å²) in [4.78, 5) is 10.5. The summed E-state index contributed by atoms with van der Waals surface area (Å²) in [5, 5.41) is 0. The summed E-state index contributed by atoms with van der Waals surface area (Å²) in [5.41, 5.74) is 0. The number of halogens is 2. The topological polar surface area (TPSA) is 26.3 Å². The molecule has 0 spiro atoms. The fourth-order valence-electron chi connectivity index (χ4n) is 0.611. The molecule has 1 rings (SSSR count). The van der Waals surface area contributed by atoms with Gasteiger partial charge in [-0.05, 0) is 22.6 Å². The SMILES string of the molecule is COC(=O)C1CC1(F)I. The van der Waals surface area contributed by atoms with E-state index in [2.05, 4.69) is 4.74 Å². The molecule has 0 N–H and O–H groups in total. The van der Waals surface area contributed by atoms with E-state index in [0.29, 0.717) is 6.42 Å². The number of ether oxygens (including phenoxy) is 1. The monoisotopic (exact) mass is 244 g/mol. The first-order valence-corrected chi connectivity index (χ1v) is 3.61. The number of methoxy groups -OCH3 is 1. The molecule has 0 radical (unpaired) electrons. The predicted octanol–water partition coefficient (Wildman–Crippen LogP) is 1.28. The Morgan fingerprint density at radius 3 is 2.56 bits per heavy atom. The number of hydrogen-bond donors (Lipinski definition) is 0. The minimum absolute atomic E-state index is 0.306. The van der Waals surface area contributed by atoms with Crippen molar-refractivity contribution in [2.24, 2.45) is 5.92 Å². The normalized spacial score (nSPS) is 40.1. The lowest BCUT2D eigenvalue weighted by Gasteiger charge is -1.94. The molecule has 1 aliphatic carbocycles. The van der Waals surface area contributed by atoms with Crippen LogP contribution in [0, 0.1) is 5.92 Å². The van der Waals surface area contributed by atoms with Crippen LogP contribution in [0.5, 0.6) is 0 Å². The Kier molecular flexibility index (Phi) is 1.67. The fourth-order valence-corrected chi connectivity index (χ4v) is 1.31. The summed E-state index contributed by atoms with van der Waals surface area (Å²) in [6, 6.07) is 0. The molecule has 1 aliphatic rings. The highest BCUT2D eigenvalue weighted by Gasteiger charge is 2.58. The number of carbonyl (C=O) groups excluding carboxylic acids is 1. The summed E-state index contributed by atoms with van der Waals surface area (Å²) in [6.45, 7) is 0. The molecule has 4 heteroatoms. The first-order valence-electron chi connectivity index (χ1n) is 2.53. The standard InChI is InChI=1S/C5H6FIO2/c1-9-4(8)3-2-5(3,6)7/h3H,2H2,1H3. The summed E-state index contributed by atoms with van der Waals surface area (Å²) in [6.07, 6.45) is 0.306. The fraction of sp³-hybridized carbons (Fsp3) is 0.800. The zero-order chi connectivity index (χ0) is 7.07. The van der Waals surface area contributed by atoms with Crippen LogP contribution in [0.3, 0.4) is 0 Å². The van der Waals surface area contributed by atoms with E-state index in [-0.39, 0.29) is 0 Å². The van der Waals surface area contributed by atoms with Gasteiger partial charge in [0.25, 0.3) is 0 Å². The van der Waals surface area contributed by atoms with Crippen molar-refractivity contribution in [1.29, 1.82) is 0 Å². The average Bonchev–Trinajstić information content (AvgIpc) is 2.38. The number of carbonyl (C=O) groups is 1. The number of alkyl halides is 2. The van der Waals surface area contributed by atoms with Gasteiger partial charge in [-0.1, -0.05) is 0 Å². The molecule has 2 unspecified atom stereocenters. The van der Waals surface area contributed by atoms with Crippen molar-refractivity contribution >= 4 is 28.6 Å². The molecule has 0 bridgehead atoms. The van der Waals surface area contributed by atoms with Gasteiger partial charge in [-0.2, -0.15) is 0 Å². The van der Waals surface area contributed by atoms with Crippen LogP contribution >= 0.6 is 22.6 Å². The Morgan fingerprint density at radius 1 is 2.00 bits per heavy atom. The lowest BCUT2D eigenvalue weighted by atomic mass is 10.4. The summed E-state index contributed by atoms with van der Waals surface area (Å²) in [7, 11) is 1.27. The maximum atomic E-state index is 12.6. The van der Waals surface area contributed by atoms with E-state index in [4.69, 9.17) is 0 Å². The van der Waals surface area contributed by atoms with E-state index in [1.807, 2.05) is 0 Å². The van der Waals surface area contributed by atoms with Crippen molar-refractivity contribution < 1.29 is 13.9 Å². The van der Waals surface area contributed by atoms with E-state index in [9.17, 15) is 9.18 Å². The smallest absolute Gasteiger partial charge is 0.312 e. The van der Waals surface area contributed by atoms with E-state index in [1.54, 1.807) is 22.6 Å². The quantitative estimate of drug-likeness (QED) is 0.394. The van der Waals surface area contributed by atoms with E-state index < -0.39 is 15.6 Å². The van der Waals surface area contributed by atoms with Crippen LogP contribution < -0.4 is 0 Å². The Labute approximate surface area is 65.9 Å². The van der Waals surface area contributed by atoms with Crippen LogP contribution in [0.1, 0.15) is 6.42 Å².